The van der Waals surface area contributed by atoms with E-state index in [2.05, 4.69) is 9.40 Å². The lowest BCUT2D eigenvalue weighted by molar-refractivity contribution is -0.153. The highest BCUT2D eigenvalue weighted by molar-refractivity contribution is 5.94. The lowest BCUT2D eigenvalue weighted by Crippen LogP contribution is -2.48. The van der Waals surface area contributed by atoms with E-state index < -0.39 is 34.9 Å². The molecule has 0 aliphatic carbocycles. The van der Waals surface area contributed by atoms with Crippen LogP contribution in [0.15, 0.2) is 10.8 Å². The molecule has 0 radical (unpaired) electrons. The van der Waals surface area contributed by atoms with Crippen molar-refractivity contribution in [1.29, 1.82) is 0 Å². The Morgan fingerprint density at radius 3 is 2.78 bits per heavy atom. The molecule has 0 spiro atoms. The van der Waals surface area contributed by atoms with Crippen LogP contribution in [0, 0.1) is 11.3 Å². The number of aromatic nitrogens is 1. The van der Waals surface area contributed by atoms with Crippen molar-refractivity contribution in [3.63, 3.8) is 0 Å². The van der Waals surface area contributed by atoms with Gasteiger partial charge in [-0.1, -0.05) is 0 Å². The summed E-state index contributed by atoms with van der Waals surface area (Å²) >= 11 is 0. The largest absolute Gasteiger partial charge is 0.452 e. The maximum Gasteiger partial charge on any atom is 0.452 e. The molecule has 7 nitrogen and oxygen atoms in total. The van der Waals surface area contributed by atoms with E-state index in [9.17, 15) is 22.8 Å². The van der Waals surface area contributed by atoms with Gasteiger partial charge in [-0.2, -0.15) is 13.2 Å². The van der Waals surface area contributed by atoms with E-state index in [-0.39, 0.29) is 25.6 Å². The topological polar surface area (TPSA) is 98.7 Å². The Labute approximate surface area is 128 Å². The molecular weight excluding hydrogens is 319 g/mol. The van der Waals surface area contributed by atoms with Crippen molar-refractivity contribution >= 4 is 11.8 Å². The molecule has 126 valence electrons. The predicted octanol–water partition coefficient (Wildman–Crippen LogP) is 0.657. The van der Waals surface area contributed by atoms with E-state index in [0.29, 0.717) is 19.4 Å². The molecule has 2 atom stereocenters. The number of hydrogen-bond acceptors (Lipinski definition) is 5. The first-order valence-corrected chi connectivity index (χ1v) is 6.93. The van der Waals surface area contributed by atoms with Gasteiger partial charge in [-0.25, -0.2) is 4.98 Å². The molecule has 2 amide bonds. The SMILES string of the molecule is NC(=O)[C@]12CCOC[C@H]1CN(C(=O)c1ncoc1C(F)(F)F)C2. The third-order valence-corrected chi connectivity index (χ3v) is 4.51. The number of halogens is 3. The number of oxazole rings is 1. The number of likely N-dealkylation sites (tertiary alicyclic amines) is 1. The summed E-state index contributed by atoms with van der Waals surface area (Å²) in [4.78, 5) is 28.8. The number of rotatable bonds is 2. The van der Waals surface area contributed by atoms with E-state index in [1.165, 1.54) is 0 Å². The van der Waals surface area contributed by atoms with Crippen LogP contribution < -0.4 is 5.73 Å². The lowest BCUT2D eigenvalue weighted by atomic mass is 9.74. The summed E-state index contributed by atoms with van der Waals surface area (Å²) in [6.07, 6.45) is -3.91. The Bertz CT molecular complexity index is 645. The Kier molecular flexibility index (Phi) is 3.58. The average Bonchev–Trinajstić information content (AvgIpc) is 3.11. The quantitative estimate of drug-likeness (QED) is 0.857. The minimum atomic E-state index is -4.82. The van der Waals surface area contributed by atoms with Crippen molar-refractivity contribution in [3.05, 3.63) is 17.8 Å². The van der Waals surface area contributed by atoms with Gasteiger partial charge in [0.1, 0.15) is 0 Å². The maximum atomic E-state index is 12.8. The Morgan fingerprint density at radius 2 is 2.17 bits per heavy atom. The molecule has 2 aliphatic heterocycles. The van der Waals surface area contributed by atoms with Gasteiger partial charge in [0.25, 0.3) is 5.91 Å². The highest BCUT2D eigenvalue weighted by atomic mass is 19.4. The fourth-order valence-corrected chi connectivity index (χ4v) is 3.26. The van der Waals surface area contributed by atoms with Crippen LogP contribution in [0.2, 0.25) is 0 Å². The Balaban J connectivity index is 1.88. The summed E-state index contributed by atoms with van der Waals surface area (Å²) in [5, 5.41) is 0. The van der Waals surface area contributed by atoms with Crippen molar-refractivity contribution in [2.75, 3.05) is 26.3 Å². The number of carbonyl (C=O) groups is 2. The van der Waals surface area contributed by atoms with Crippen LogP contribution in [0.5, 0.6) is 0 Å². The number of alkyl halides is 3. The molecule has 2 saturated heterocycles. The second-order valence-electron chi connectivity index (χ2n) is 5.76. The third-order valence-electron chi connectivity index (χ3n) is 4.51. The first-order valence-electron chi connectivity index (χ1n) is 6.93. The minimum absolute atomic E-state index is 0.0423. The highest BCUT2D eigenvalue weighted by Gasteiger charge is 2.54. The molecular formula is C13H14F3N3O4. The number of fused-ring (bicyclic) bond motifs is 1. The number of amides is 2. The first-order chi connectivity index (χ1) is 10.8. The van der Waals surface area contributed by atoms with Gasteiger partial charge in [-0.3, -0.25) is 9.59 Å². The van der Waals surface area contributed by atoms with Gasteiger partial charge in [-0.05, 0) is 6.42 Å². The van der Waals surface area contributed by atoms with Gasteiger partial charge in [0.05, 0.1) is 12.0 Å². The van der Waals surface area contributed by atoms with Crippen molar-refractivity contribution in [2.45, 2.75) is 12.6 Å². The molecule has 0 aromatic carbocycles. The summed E-state index contributed by atoms with van der Waals surface area (Å²) in [6, 6.07) is 0. The fraction of sp³-hybridized carbons (Fsp3) is 0.615. The van der Waals surface area contributed by atoms with Crippen molar-refractivity contribution in [2.24, 2.45) is 17.1 Å². The van der Waals surface area contributed by atoms with Gasteiger partial charge in [0, 0.05) is 25.6 Å². The van der Waals surface area contributed by atoms with E-state index >= 15 is 0 Å². The van der Waals surface area contributed by atoms with Crippen LogP contribution in [0.4, 0.5) is 13.2 Å². The van der Waals surface area contributed by atoms with Crippen molar-refractivity contribution < 1.29 is 31.9 Å². The van der Waals surface area contributed by atoms with Crippen molar-refractivity contribution in [3.8, 4) is 0 Å². The number of hydrogen-bond donors (Lipinski definition) is 1. The summed E-state index contributed by atoms with van der Waals surface area (Å²) in [5.74, 6) is -3.28. The second kappa shape index (κ2) is 5.22. The predicted molar refractivity (Wildman–Crippen MR) is 68.0 cm³/mol. The van der Waals surface area contributed by atoms with Gasteiger partial charge >= 0.3 is 6.18 Å². The molecule has 1 aromatic heterocycles. The van der Waals surface area contributed by atoms with E-state index in [1.807, 2.05) is 0 Å². The molecule has 0 unspecified atom stereocenters. The zero-order valence-electron chi connectivity index (χ0n) is 11.9. The summed E-state index contributed by atoms with van der Waals surface area (Å²) in [7, 11) is 0. The normalized spacial score (nSPS) is 27.8. The lowest BCUT2D eigenvalue weighted by Gasteiger charge is -2.34. The molecule has 3 rings (SSSR count). The van der Waals surface area contributed by atoms with E-state index in [1.54, 1.807) is 0 Å². The number of carbonyl (C=O) groups excluding carboxylic acids is 2. The zero-order chi connectivity index (χ0) is 16.8. The average molecular weight is 333 g/mol. The van der Waals surface area contributed by atoms with Crippen LogP contribution in [0.3, 0.4) is 0 Å². The van der Waals surface area contributed by atoms with Gasteiger partial charge in [0.2, 0.25) is 11.7 Å². The van der Waals surface area contributed by atoms with Gasteiger partial charge in [0.15, 0.2) is 12.1 Å². The summed E-state index contributed by atoms with van der Waals surface area (Å²) < 4.78 is 48.1. The van der Waals surface area contributed by atoms with Crippen LogP contribution in [-0.2, 0) is 15.7 Å². The standard InChI is InChI=1S/C13H14F3N3O4/c14-13(15,16)9-8(18-6-23-9)10(20)19-3-7-4-22-2-1-12(7,5-19)11(17)21/h6-7H,1-5H2,(H2,17,21)/t7-,12+/m1/s1. The first kappa shape index (κ1) is 15.8. The number of ether oxygens (including phenoxy) is 1. The number of primary amides is 1. The number of nitrogens with zero attached hydrogens (tertiary/aromatic N) is 2. The zero-order valence-corrected chi connectivity index (χ0v) is 11.9. The molecule has 0 saturated carbocycles. The molecule has 2 fully saturated rings. The highest BCUT2D eigenvalue weighted by Crippen LogP contribution is 2.43. The molecule has 2 aliphatic rings. The fourth-order valence-electron chi connectivity index (χ4n) is 3.26. The maximum absolute atomic E-state index is 12.8. The molecule has 3 heterocycles. The molecule has 1 aromatic rings. The summed E-state index contributed by atoms with van der Waals surface area (Å²) in [5.41, 5.74) is 3.71. The minimum Gasteiger partial charge on any atom is -0.438 e. The third kappa shape index (κ3) is 2.46. The summed E-state index contributed by atoms with van der Waals surface area (Å²) in [6.45, 7) is 0.599. The van der Waals surface area contributed by atoms with E-state index in [4.69, 9.17) is 10.5 Å². The molecule has 0 bridgehead atoms. The smallest absolute Gasteiger partial charge is 0.438 e. The van der Waals surface area contributed by atoms with Crippen LogP contribution in [0.25, 0.3) is 0 Å². The van der Waals surface area contributed by atoms with Gasteiger partial charge < -0.3 is 19.8 Å². The molecule has 23 heavy (non-hydrogen) atoms. The Hall–Kier alpha value is -2.10. The molecule has 10 heteroatoms. The molecule has 2 N–H and O–H groups in total. The van der Waals surface area contributed by atoms with Crippen LogP contribution in [-0.4, -0.2) is 48.0 Å². The number of nitrogens with two attached hydrogens (primary N) is 1. The van der Waals surface area contributed by atoms with Crippen molar-refractivity contribution in [1.82, 2.24) is 9.88 Å². The van der Waals surface area contributed by atoms with Crippen LogP contribution >= 0.6 is 0 Å². The van der Waals surface area contributed by atoms with Gasteiger partial charge in [-0.15, -0.1) is 0 Å². The second-order valence-corrected chi connectivity index (χ2v) is 5.76. The van der Waals surface area contributed by atoms with Crippen LogP contribution in [0.1, 0.15) is 22.7 Å². The Morgan fingerprint density at radius 1 is 1.43 bits per heavy atom. The van der Waals surface area contributed by atoms with E-state index in [0.717, 1.165) is 4.90 Å². The monoisotopic (exact) mass is 333 g/mol.